The van der Waals surface area contributed by atoms with Gasteiger partial charge >= 0.3 is 0 Å². The molecular formula is C17H17ClFNO2. The maximum atomic E-state index is 13.1. The molecule has 0 bridgehead atoms. The van der Waals surface area contributed by atoms with Gasteiger partial charge < -0.3 is 10.1 Å². The van der Waals surface area contributed by atoms with Crippen LogP contribution in [0.25, 0.3) is 0 Å². The second-order valence-electron chi connectivity index (χ2n) is 4.97. The highest BCUT2D eigenvalue weighted by molar-refractivity contribution is 6.29. The van der Waals surface area contributed by atoms with Crippen LogP contribution in [0.2, 0.25) is 0 Å². The molecule has 0 atom stereocenters. The highest BCUT2D eigenvalue weighted by Crippen LogP contribution is 2.19. The number of ether oxygens (including phenoxy) is 1. The first-order chi connectivity index (χ1) is 10.6. The van der Waals surface area contributed by atoms with Crippen LogP contribution in [0, 0.1) is 12.7 Å². The summed E-state index contributed by atoms with van der Waals surface area (Å²) in [6, 6.07) is 12.0. The van der Waals surface area contributed by atoms with Crippen molar-refractivity contribution in [3.8, 4) is 0 Å². The van der Waals surface area contributed by atoms with E-state index in [2.05, 4.69) is 5.32 Å². The second-order valence-corrected chi connectivity index (χ2v) is 5.23. The van der Waals surface area contributed by atoms with Gasteiger partial charge in [-0.15, -0.1) is 11.6 Å². The van der Waals surface area contributed by atoms with Crippen molar-refractivity contribution < 1.29 is 13.9 Å². The SMILES string of the molecule is Cc1ccc(COCc2cccc(F)c2)c(NC(=O)CCl)c1. The van der Waals surface area contributed by atoms with E-state index in [1.165, 1.54) is 12.1 Å². The third-order valence-electron chi connectivity index (χ3n) is 3.08. The molecule has 0 aliphatic rings. The van der Waals surface area contributed by atoms with Crippen molar-refractivity contribution in [3.63, 3.8) is 0 Å². The van der Waals surface area contributed by atoms with Crippen LogP contribution < -0.4 is 5.32 Å². The molecular weight excluding hydrogens is 305 g/mol. The molecule has 0 heterocycles. The first-order valence-corrected chi connectivity index (χ1v) is 7.39. The summed E-state index contributed by atoms with van der Waals surface area (Å²) in [6.07, 6.45) is 0. The van der Waals surface area contributed by atoms with Crippen LogP contribution in [-0.4, -0.2) is 11.8 Å². The van der Waals surface area contributed by atoms with Gasteiger partial charge in [0, 0.05) is 11.3 Å². The third-order valence-corrected chi connectivity index (χ3v) is 3.32. The zero-order valence-corrected chi connectivity index (χ0v) is 13.0. The largest absolute Gasteiger partial charge is 0.372 e. The molecule has 3 nitrogen and oxygen atoms in total. The zero-order chi connectivity index (χ0) is 15.9. The predicted octanol–water partition coefficient (Wildman–Crippen LogP) is 4.03. The van der Waals surface area contributed by atoms with Crippen LogP contribution in [0.1, 0.15) is 16.7 Å². The Morgan fingerprint density at radius 2 is 2.05 bits per heavy atom. The summed E-state index contributed by atoms with van der Waals surface area (Å²) in [5.74, 6) is -0.650. The molecule has 0 aliphatic heterocycles. The molecule has 0 unspecified atom stereocenters. The lowest BCUT2D eigenvalue weighted by molar-refractivity contribution is -0.113. The Kier molecular flexibility index (Phi) is 5.92. The van der Waals surface area contributed by atoms with Gasteiger partial charge in [-0.2, -0.15) is 0 Å². The number of hydrogen-bond acceptors (Lipinski definition) is 2. The van der Waals surface area contributed by atoms with E-state index in [0.717, 1.165) is 16.7 Å². The minimum Gasteiger partial charge on any atom is -0.372 e. The molecule has 116 valence electrons. The second kappa shape index (κ2) is 7.92. The fourth-order valence-electron chi connectivity index (χ4n) is 2.02. The van der Waals surface area contributed by atoms with E-state index in [0.29, 0.717) is 18.9 Å². The first-order valence-electron chi connectivity index (χ1n) is 6.86. The maximum absolute atomic E-state index is 13.1. The van der Waals surface area contributed by atoms with E-state index in [9.17, 15) is 9.18 Å². The standard InChI is InChI=1S/C17H17ClFNO2/c1-12-5-6-14(16(7-12)20-17(21)9-18)11-22-10-13-3-2-4-15(19)8-13/h2-8H,9-11H2,1H3,(H,20,21). The Labute approximate surface area is 134 Å². The van der Waals surface area contributed by atoms with Crippen molar-refractivity contribution in [2.75, 3.05) is 11.2 Å². The van der Waals surface area contributed by atoms with Gasteiger partial charge in [-0.1, -0.05) is 24.3 Å². The predicted molar refractivity (Wildman–Crippen MR) is 85.4 cm³/mol. The Hall–Kier alpha value is -1.91. The number of carbonyl (C=O) groups is 1. The summed E-state index contributed by atoms with van der Waals surface area (Å²) in [5, 5.41) is 2.75. The fourth-order valence-corrected chi connectivity index (χ4v) is 2.09. The lowest BCUT2D eigenvalue weighted by Crippen LogP contribution is -2.14. The molecule has 22 heavy (non-hydrogen) atoms. The summed E-state index contributed by atoms with van der Waals surface area (Å²) in [6.45, 7) is 2.55. The number of aryl methyl sites for hydroxylation is 1. The average molecular weight is 322 g/mol. The summed E-state index contributed by atoms with van der Waals surface area (Å²) in [5.41, 5.74) is 3.32. The van der Waals surface area contributed by atoms with Gasteiger partial charge in [0.2, 0.25) is 5.91 Å². The average Bonchev–Trinajstić information content (AvgIpc) is 2.49. The molecule has 5 heteroatoms. The van der Waals surface area contributed by atoms with Gasteiger partial charge in [-0.25, -0.2) is 4.39 Å². The van der Waals surface area contributed by atoms with Crippen molar-refractivity contribution >= 4 is 23.2 Å². The molecule has 0 aliphatic carbocycles. The van der Waals surface area contributed by atoms with Crippen molar-refractivity contribution in [1.29, 1.82) is 0 Å². The number of nitrogens with one attached hydrogen (secondary N) is 1. The maximum Gasteiger partial charge on any atom is 0.239 e. The number of amides is 1. The highest BCUT2D eigenvalue weighted by atomic mass is 35.5. The molecule has 1 amide bonds. The molecule has 0 spiro atoms. The van der Waals surface area contributed by atoms with Crippen LogP contribution in [0.4, 0.5) is 10.1 Å². The first kappa shape index (κ1) is 16.5. The minimum absolute atomic E-state index is 0.0997. The van der Waals surface area contributed by atoms with Gasteiger partial charge in [0.05, 0.1) is 13.2 Å². The van der Waals surface area contributed by atoms with Gasteiger partial charge in [0.25, 0.3) is 0 Å². The fraction of sp³-hybridized carbons (Fsp3) is 0.235. The number of alkyl halides is 1. The van der Waals surface area contributed by atoms with Gasteiger partial charge in [-0.3, -0.25) is 4.79 Å². The van der Waals surface area contributed by atoms with E-state index in [1.54, 1.807) is 12.1 Å². The molecule has 0 radical (unpaired) electrons. The van der Waals surface area contributed by atoms with Gasteiger partial charge in [0.1, 0.15) is 11.7 Å². The lowest BCUT2D eigenvalue weighted by atomic mass is 10.1. The topological polar surface area (TPSA) is 38.3 Å². The van der Waals surface area contributed by atoms with Crippen LogP contribution in [-0.2, 0) is 22.7 Å². The molecule has 0 fully saturated rings. The monoisotopic (exact) mass is 321 g/mol. The number of rotatable bonds is 6. The summed E-state index contributed by atoms with van der Waals surface area (Å²) >= 11 is 5.51. The number of benzene rings is 2. The summed E-state index contributed by atoms with van der Waals surface area (Å²) < 4.78 is 18.7. The van der Waals surface area contributed by atoms with Crippen molar-refractivity contribution in [2.24, 2.45) is 0 Å². The summed E-state index contributed by atoms with van der Waals surface area (Å²) in [4.78, 5) is 11.5. The van der Waals surface area contributed by atoms with Crippen molar-refractivity contribution in [3.05, 3.63) is 65.0 Å². The van der Waals surface area contributed by atoms with Crippen molar-refractivity contribution in [1.82, 2.24) is 0 Å². The number of carbonyl (C=O) groups excluding carboxylic acids is 1. The van der Waals surface area contributed by atoms with Crippen LogP contribution in [0.3, 0.4) is 0 Å². The van der Waals surface area contributed by atoms with Crippen LogP contribution in [0.15, 0.2) is 42.5 Å². The molecule has 2 aromatic rings. The van der Waals surface area contributed by atoms with E-state index in [4.69, 9.17) is 16.3 Å². The van der Waals surface area contributed by atoms with Crippen LogP contribution >= 0.6 is 11.6 Å². The van der Waals surface area contributed by atoms with Gasteiger partial charge in [0.15, 0.2) is 0 Å². The molecule has 0 saturated carbocycles. The number of halogens is 2. The molecule has 2 aromatic carbocycles. The third kappa shape index (κ3) is 4.83. The minimum atomic E-state index is -0.286. The Bertz CT molecular complexity index is 661. The number of anilines is 1. The molecule has 0 saturated heterocycles. The van der Waals surface area contributed by atoms with E-state index in [1.807, 2.05) is 25.1 Å². The smallest absolute Gasteiger partial charge is 0.239 e. The van der Waals surface area contributed by atoms with E-state index < -0.39 is 0 Å². The molecule has 1 N–H and O–H groups in total. The van der Waals surface area contributed by atoms with Crippen LogP contribution in [0.5, 0.6) is 0 Å². The van der Waals surface area contributed by atoms with E-state index in [-0.39, 0.29) is 17.6 Å². The number of hydrogen-bond donors (Lipinski definition) is 1. The lowest BCUT2D eigenvalue weighted by Gasteiger charge is -2.12. The molecule has 0 aromatic heterocycles. The Morgan fingerprint density at radius 3 is 2.77 bits per heavy atom. The zero-order valence-electron chi connectivity index (χ0n) is 12.2. The highest BCUT2D eigenvalue weighted by Gasteiger charge is 2.07. The summed E-state index contributed by atoms with van der Waals surface area (Å²) in [7, 11) is 0. The van der Waals surface area contributed by atoms with E-state index >= 15 is 0 Å². The Morgan fingerprint density at radius 1 is 1.23 bits per heavy atom. The quantitative estimate of drug-likeness (QED) is 0.816. The van der Waals surface area contributed by atoms with Gasteiger partial charge in [-0.05, 0) is 36.2 Å². The Balaban J connectivity index is 2.01. The van der Waals surface area contributed by atoms with Crippen molar-refractivity contribution in [2.45, 2.75) is 20.1 Å². The molecule has 2 rings (SSSR count). The normalized spacial score (nSPS) is 10.5.